The molecule has 6 aromatic rings. The molecule has 0 saturated heterocycles. The van der Waals surface area contributed by atoms with Crippen molar-refractivity contribution in [2.45, 2.75) is 26.2 Å². The van der Waals surface area contributed by atoms with Gasteiger partial charge in [-0.25, -0.2) is 28.2 Å². The highest BCUT2D eigenvalue weighted by Crippen LogP contribution is 2.16. The van der Waals surface area contributed by atoms with E-state index in [-0.39, 0.29) is 0 Å². The average Bonchev–Trinajstić information content (AvgIpc) is 3.37. The van der Waals surface area contributed by atoms with Gasteiger partial charge in [0.25, 0.3) is 0 Å². The number of pyridine rings is 2. The maximum absolute atomic E-state index is 5.03. The Kier molecular flexibility index (Phi) is 4.30. The molecule has 0 amide bonds. The number of hydrogen-bond donors (Lipinski definition) is 0. The summed E-state index contributed by atoms with van der Waals surface area (Å²) in [5.74, 6) is 0. The second kappa shape index (κ2) is 7.63. The fraction of sp³-hybridized carbons (Fsp3) is 0.143. The van der Waals surface area contributed by atoms with Crippen LogP contribution in [0.4, 0.5) is 0 Å². The molecule has 2 aromatic carbocycles. The van der Waals surface area contributed by atoms with Gasteiger partial charge < -0.3 is 0 Å². The van der Waals surface area contributed by atoms with Crippen molar-refractivity contribution < 1.29 is 9.13 Å². The second-order valence-corrected chi connectivity index (χ2v) is 8.96. The van der Waals surface area contributed by atoms with Gasteiger partial charge in [-0.1, -0.05) is 36.4 Å². The average molecular weight is 445 g/mol. The molecule has 0 unspecified atom stereocenters. The van der Waals surface area contributed by atoms with Gasteiger partial charge in [0.2, 0.25) is 12.7 Å². The van der Waals surface area contributed by atoms with E-state index >= 15 is 0 Å². The Morgan fingerprint density at radius 1 is 0.500 bits per heavy atom. The molecule has 6 heteroatoms. The second-order valence-electron chi connectivity index (χ2n) is 8.96. The SMILES string of the molecule is c1cc2nc(c1)Cn1c[n+](c3ccccc31)Cc1cccc(n1)C[n+]1cn(c3ccccc31)C2. The molecule has 6 nitrogen and oxygen atoms in total. The van der Waals surface area contributed by atoms with E-state index in [9.17, 15) is 0 Å². The van der Waals surface area contributed by atoms with E-state index in [2.05, 4.69) is 116 Å². The van der Waals surface area contributed by atoms with Crippen LogP contribution in [0.15, 0.2) is 97.6 Å². The quantitative estimate of drug-likeness (QED) is 0.336. The topological polar surface area (TPSA) is 43.4 Å². The first kappa shape index (κ1) is 19.2. The summed E-state index contributed by atoms with van der Waals surface area (Å²) in [6.45, 7) is 2.89. The number of para-hydroxylation sites is 4. The highest BCUT2D eigenvalue weighted by molar-refractivity contribution is 5.72. The molecule has 8 bridgehead atoms. The van der Waals surface area contributed by atoms with Crippen molar-refractivity contribution in [3.8, 4) is 0 Å². The van der Waals surface area contributed by atoms with Gasteiger partial charge in [0, 0.05) is 0 Å². The van der Waals surface area contributed by atoms with Crippen LogP contribution in [0.3, 0.4) is 0 Å². The van der Waals surface area contributed by atoms with Crippen molar-refractivity contribution in [3.05, 3.63) is 120 Å². The molecule has 34 heavy (non-hydrogen) atoms. The first-order valence-corrected chi connectivity index (χ1v) is 11.6. The van der Waals surface area contributed by atoms with Gasteiger partial charge >= 0.3 is 0 Å². The van der Waals surface area contributed by atoms with Crippen LogP contribution >= 0.6 is 0 Å². The standard InChI is InChI=1S/C28H24N6/c1-2-12-26-25(11-1)31-15-21-7-5-9-23(29-21)17-33-20-34(28-14-4-3-13-27(28)33)18-24-10-6-8-22(30-24)16-32(26)19-31/h1-14,19-20H,15-18H2/q+2. The predicted octanol–water partition coefficient (Wildman–Crippen LogP) is 3.47. The van der Waals surface area contributed by atoms with E-state index < -0.39 is 0 Å². The molecule has 164 valence electrons. The lowest BCUT2D eigenvalue weighted by Crippen LogP contribution is -2.35. The van der Waals surface area contributed by atoms with Crippen LogP contribution in [0.1, 0.15) is 22.8 Å². The van der Waals surface area contributed by atoms with Crippen molar-refractivity contribution in [1.29, 1.82) is 0 Å². The van der Waals surface area contributed by atoms with Gasteiger partial charge in [0.1, 0.15) is 26.2 Å². The largest absolute Gasteiger partial charge is 0.250 e. The minimum atomic E-state index is 0.723. The highest BCUT2D eigenvalue weighted by atomic mass is 15.2. The molecule has 5 heterocycles. The summed E-state index contributed by atoms with van der Waals surface area (Å²) in [6, 6.07) is 29.8. The van der Waals surface area contributed by atoms with Crippen molar-refractivity contribution in [2.24, 2.45) is 0 Å². The molecule has 0 fully saturated rings. The number of nitrogens with zero attached hydrogens (tertiary/aromatic N) is 6. The minimum absolute atomic E-state index is 0.723. The van der Waals surface area contributed by atoms with E-state index in [0.717, 1.165) is 49.0 Å². The number of imidazole rings is 2. The van der Waals surface area contributed by atoms with E-state index in [4.69, 9.17) is 9.97 Å². The Bertz CT molecular complexity index is 1440. The Balaban J connectivity index is 1.43. The van der Waals surface area contributed by atoms with Crippen molar-refractivity contribution in [1.82, 2.24) is 19.1 Å². The Morgan fingerprint density at radius 3 is 1.47 bits per heavy atom. The van der Waals surface area contributed by atoms with E-state index in [1.807, 2.05) is 0 Å². The summed E-state index contributed by atoms with van der Waals surface area (Å²) in [5, 5.41) is 0. The van der Waals surface area contributed by atoms with Crippen LogP contribution < -0.4 is 9.13 Å². The van der Waals surface area contributed by atoms with Gasteiger partial charge in [0.05, 0.1) is 22.8 Å². The van der Waals surface area contributed by atoms with Crippen LogP contribution in [-0.4, -0.2) is 19.1 Å². The van der Waals surface area contributed by atoms with Crippen LogP contribution in [0.5, 0.6) is 0 Å². The highest BCUT2D eigenvalue weighted by Gasteiger charge is 2.20. The Labute approximate surface area is 197 Å². The fourth-order valence-electron chi connectivity index (χ4n) is 5.10. The van der Waals surface area contributed by atoms with Crippen molar-refractivity contribution in [2.75, 3.05) is 0 Å². The lowest BCUT2D eigenvalue weighted by molar-refractivity contribution is -0.665. The molecule has 4 aromatic heterocycles. The molecule has 0 radical (unpaired) electrons. The first-order valence-electron chi connectivity index (χ1n) is 11.6. The van der Waals surface area contributed by atoms with E-state index in [1.54, 1.807) is 0 Å². The zero-order valence-corrected chi connectivity index (χ0v) is 18.7. The number of rotatable bonds is 0. The fourth-order valence-corrected chi connectivity index (χ4v) is 5.10. The molecule has 1 aliphatic heterocycles. The van der Waals surface area contributed by atoms with E-state index in [0.29, 0.717) is 0 Å². The predicted molar refractivity (Wildman–Crippen MR) is 129 cm³/mol. The number of benzene rings is 2. The van der Waals surface area contributed by atoms with Crippen LogP contribution in [0.2, 0.25) is 0 Å². The third-order valence-electron chi connectivity index (χ3n) is 6.62. The van der Waals surface area contributed by atoms with Crippen LogP contribution in [-0.2, 0) is 26.2 Å². The lowest BCUT2D eigenvalue weighted by Gasteiger charge is -2.04. The molecule has 0 N–H and O–H groups in total. The minimum Gasteiger partial charge on any atom is -0.250 e. The number of fused-ring (bicyclic) bond motifs is 14. The normalized spacial score (nSPS) is 13.4. The van der Waals surface area contributed by atoms with Crippen LogP contribution in [0, 0.1) is 0 Å². The summed E-state index contributed by atoms with van der Waals surface area (Å²) in [4.78, 5) is 10.1. The van der Waals surface area contributed by atoms with Gasteiger partial charge in [-0.05, 0) is 48.5 Å². The van der Waals surface area contributed by atoms with Gasteiger partial charge in [-0.3, -0.25) is 0 Å². The number of hydrogen-bond acceptors (Lipinski definition) is 2. The first-order chi connectivity index (χ1) is 16.8. The summed E-state index contributed by atoms with van der Waals surface area (Å²) in [6.07, 6.45) is 4.39. The Morgan fingerprint density at radius 2 is 0.941 bits per heavy atom. The molecule has 1 aliphatic rings. The van der Waals surface area contributed by atoms with Crippen molar-refractivity contribution >= 4 is 22.1 Å². The summed E-state index contributed by atoms with van der Waals surface area (Å²) < 4.78 is 9.15. The monoisotopic (exact) mass is 444 g/mol. The number of aromatic nitrogens is 6. The lowest BCUT2D eigenvalue weighted by atomic mass is 10.2. The maximum Gasteiger partial charge on any atom is 0.245 e. The summed E-state index contributed by atoms with van der Waals surface area (Å²) in [5.41, 5.74) is 9.03. The molecular weight excluding hydrogens is 420 g/mol. The zero-order chi connectivity index (χ0) is 22.5. The maximum atomic E-state index is 5.03. The molecule has 0 saturated carbocycles. The van der Waals surface area contributed by atoms with Gasteiger partial charge in [0.15, 0.2) is 22.1 Å². The third kappa shape index (κ3) is 3.27. The molecular formula is C28H24N6+2. The smallest absolute Gasteiger partial charge is 0.245 e. The van der Waals surface area contributed by atoms with Crippen LogP contribution in [0.25, 0.3) is 22.1 Å². The van der Waals surface area contributed by atoms with E-state index in [1.165, 1.54) is 22.1 Å². The Hall–Kier alpha value is -4.32. The van der Waals surface area contributed by atoms with Gasteiger partial charge in [-0.2, -0.15) is 0 Å². The summed E-state index contributed by atoms with van der Waals surface area (Å²) >= 11 is 0. The van der Waals surface area contributed by atoms with Gasteiger partial charge in [-0.15, -0.1) is 0 Å². The third-order valence-corrected chi connectivity index (χ3v) is 6.62. The molecule has 0 aliphatic carbocycles. The zero-order valence-electron chi connectivity index (χ0n) is 18.7. The molecule has 0 spiro atoms. The molecule has 0 atom stereocenters. The molecule has 7 rings (SSSR count). The summed E-state index contributed by atoms with van der Waals surface area (Å²) in [7, 11) is 0. The van der Waals surface area contributed by atoms with Crippen molar-refractivity contribution in [3.63, 3.8) is 0 Å².